The summed E-state index contributed by atoms with van der Waals surface area (Å²) in [5.74, 6) is 3.00. The van der Waals surface area contributed by atoms with Gasteiger partial charge in [-0.25, -0.2) is 0 Å². The average molecular weight is 164 g/mol. The van der Waals surface area contributed by atoms with Crippen molar-refractivity contribution in [3.8, 4) is 12.3 Å². The average Bonchev–Trinajstić information content (AvgIpc) is 1.89. The first kappa shape index (κ1) is 9.18. The Labute approximate surface area is 63.0 Å². The van der Waals surface area contributed by atoms with Crippen LogP contribution < -0.4 is 0 Å². The van der Waals surface area contributed by atoms with Crippen molar-refractivity contribution < 1.29 is 9.29 Å². The van der Waals surface area contributed by atoms with Gasteiger partial charge in [0.1, 0.15) is 6.61 Å². The van der Waals surface area contributed by atoms with Crippen molar-refractivity contribution >= 4 is 21.9 Å². The zero-order valence-corrected chi connectivity index (χ0v) is 6.50. The molecule has 0 amide bonds. The lowest BCUT2D eigenvalue weighted by atomic mass is 10.8. The largest absolute Gasteiger partial charge is 0.395 e. The lowest BCUT2D eigenvalue weighted by Gasteiger charge is -1.93. The molecule has 0 aromatic rings. The second kappa shape index (κ2) is 8.18. The molecule has 0 aromatic heterocycles. The maximum atomic E-state index is 8.29. The second-order valence-electron chi connectivity index (χ2n) is 1.08. The van der Waals surface area contributed by atoms with Crippen LogP contribution in [0, 0.1) is 12.3 Å². The van der Waals surface area contributed by atoms with Gasteiger partial charge in [0, 0.05) is 5.75 Å². The SMILES string of the molecule is C#CCOSSCCO. The Kier molecular flexibility index (Phi) is 8.34. The van der Waals surface area contributed by atoms with Gasteiger partial charge in [-0.1, -0.05) is 16.7 Å². The molecule has 4 heteroatoms. The van der Waals surface area contributed by atoms with E-state index < -0.39 is 0 Å². The summed E-state index contributed by atoms with van der Waals surface area (Å²) >= 11 is 1.22. The molecule has 0 aromatic carbocycles. The summed E-state index contributed by atoms with van der Waals surface area (Å²) in [4.78, 5) is 0. The number of hydrogen-bond acceptors (Lipinski definition) is 4. The van der Waals surface area contributed by atoms with Gasteiger partial charge < -0.3 is 5.11 Å². The molecule has 0 heterocycles. The molecule has 2 nitrogen and oxygen atoms in total. The Hall–Kier alpha value is 0.180. The van der Waals surface area contributed by atoms with E-state index in [2.05, 4.69) is 5.92 Å². The summed E-state index contributed by atoms with van der Waals surface area (Å²) in [6.07, 6.45) is 4.90. The summed E-state index contributed by atoms with van der Waals surface area (Å²) in [6, 6.07) is 0. The van der Waals surface area contributed by atoms with Crippen molar-refractivity contribution in [2.75, 3.05) is 19.0 Å². The molecule has 9 heavy (non-hydrogen) atoms. The van der Waals surface area contributed by atoms with Crippen LogP contribution in [0.2, 0.25) is 0 Å². The maximum absolute atomic E-state index is 8.29. The minimum atomic E-state index is 0.178. The standard InChI is InChI=1S/C5H8O2S2/c1-2-4-7-9-8-5-3-6/h1,6H,3-5H2. The van der Waals surface area contributed by atoms with Gasteiger partial charge in [-0.2, -0.15) is 0 Å². The lowest BCUT2D eigenvalue weighted by Crippen LogP contribution is -1.83. The van der Waals surface area contributed by atoms with Gasteiger partial charge in [0.15, 0.2) is 0 Å². The highest BCUT2D eigenvalue weighted by atomic mass is 33.1. The van der Waals surface area contributed by atoms with Gasteiger partial charge in [-0.3, -0.25) is 4.18 Å². The Morgan fingerprint density at radius 2 is 2.44 bits per heavy atom. The van der Waals surface area contributed by atoms with Crippen LogP contribution in [0.4, 0.5) is 0 Å². The van der Waals surface area contributed by atoms with E-state index in [0.29, 0.717) is 12.4 Å². The fraction of sp³-hybridized carbons (Fsp3) is 0.600. The molecule has 0 atom stereocenters. The smallest absolute Gasteiger partial charge is 0.123 e. The molecule has 1 N–H and O–H groups in total. The first-order valence-corrected chi connectivity index (χ1v) is 4.61. The van der Waals surface area contributed by atoms with Crippen LogP contribution >= 0.6 is 21.9 Å². The third-order valence-corrected chi connectivity index (χ3v) is 2.15. The van der Waals surface area contributed by atoms with Crippen LogP contribution in [0.25, 0.3) is 0 Å². The third-order valence-electron chi connectivity index (χ3n) is 0.413. The minimum absolute atomic E-state index is 0.178. The molecule has 0 aliphatic rings. The van der Waals surface area contributed by atoms with Crippen molar-refractivity contribution in [2.24, 2.45) is 0 Å². The normalized spacial score (nSPS) is 8.89. The van der Waals surface area contributed by atoms with Gasteiger partial charge in [-0.05, 0) is 0 Å². The highest BCUT2D eigenvalue weighted by Crippen LogP contribution is 2.20. The van der Waals surface area contributed by atoms with Crippen molar-refractivity contribution in [2.45, 2.75) is 0 Å². The number of aliphatic hydroxyl groups excluding tert-OH is 1. The van der Waals surface area contributed by atoms with Gasteiger partial charge in [0.2, 0.25) is 0 Å². The van der Waals surface area contributed by atoms with Gasteiger partial charge >= 0.3 is 0 Å². The van der Waals surface area contributed by atoms with E-state index >= 15 is 0 Å². The molecule has 0 rings (SSSR count). The third kappa shape index (κ3) is 8.18. The Morgan fingerprint density at radius 3 is 3.00 bits per heavy atom. The summed E-state index contributed by atoms with van der Waals surface area (Å²) in [6.45, 7) is 0.500. The van der Waals surface area contributed by atoms with Crippen molar-refractivity contribution in [3.05, 3.63) is 0 Å². The van der Waals surface area contributed by atoms with Crippen LogP contribution in [-0.2, 0) is 4.18 Å². The Balaban J connectivity index is 2.69. The minimum Gasteiger partial charge on any atom is -0.395 e. The zero-order valence-electron chi connectivity index (χ0n) is 4.87. The molecule has 0 aliphatic heterocycles. The summed E-state index contributed by atoms with van der Waals surface area (Å²) in [5, 5.41) is 8.29. The first-order chi connectivity index (χ1) is 4.41. The molecular weight excluding hydrogens is 156 g/mol. The van der Waals surface area contributed by atoms with Crippen LogP contribution in [0.3, 0.4) is 0 Å². The molecule has 52 valence electrons. The van der Waals surface area contributed by atoms with Crippen LogP contribution in [0.1, 0.15) is 0 Å². The molecule has 0 saturated heterocycles. The maximum Gasteiger partial charge on any atom is 0.123 e. The molecule has 0 aliphatic carbocycles. The second-order valence-corrected chi connectivity index (χ2v) is 3.21. The summed E-state index contributed by atoms with van der Waals surface area (Å²) < 4.78 is 4.82. The number of hydrogen-bond donors (Lipinski definition) is 1. The zero-order chi connectivity index (χ0) is 6.95. The molecule has 0 unspecified atom stereocenters. The van der Waals surface area contributed by atoms with E-state index in [-0.39, 0.29) is 6.61 Å². The highest BCUT2D eigenvalue weighted by molar-refractivity contribution is 8.74. The fourth-order valence-electron chi connectivity index (χ4n) is 0.163. The quantitative estimate of drug-likeness (QED) is 0.283. The highest BCUT2D eigenvalue weighted by Gasteiger charge is 1.86. The molecule has 0 saturated carbocycles. The van der Waals surface area contributed by atoms with Crippen molar-refractivity contribution in [3.63, 3.8) is 0 Å². The molecular formula is C5H8O2S2. The van der Waals surface area contributed by atoms with Gasteiger partial charge in [0.25, 0.3) is 0 Å². The topological polar surface area (TPSA) is 29.5 Å². The van der Waals surface area contributed by atoms with Crippen molar-refractivity contribution in [1.29, 1.82) is 0 Å². The van der Waals surface area contributed by atoms with Crippen LogP contribution in [0.15, 0.2) is 0 Å². The van der Waals surface area contributed by atoms with Crippen LogP contribution in [0.5, 0.6) is 0 Å². The monoisotopic (exact) mass is 164 g/mol. The first-order valence-electron chi connectivity index (χ1n) is 2.37. The molecule has 0 fully saturated rings. The lowest BCUT2D eigenvalue weighted by molar-refractivity contribution is 0.323. The molecule has 0 spiro atoms. The number of rotatable bonds is 5. The van der Waals surface area contributed by atoms with Gasteiger partial charge in [-0.15, -0.1) is 6.42 Å². The number of aliphatic hydroxyl groups is 1. The predicted octanol–water partition coefficient (Wildman–Crippen LogP) is 0.925. The predicted molar refractivity (Wildman–Crippen MR) is 41.9 cm³/mol. The molecule has 0 radical (unpaired) electrons. The Bertz CT molecular complexity index is 89.4. The van der Waals surface area contributed by atoms with E-state index in [0.717, 1.165) is 0 Å². The Morgan fingerprint density at radius 1 is 1.67 bits per heavy atom. The fourth-order valence-corrected chi connectivity index (χ4v) is 1.27. The number of terminal acetylenes is 1. The van der Waals surface area contributed by atoms with E-state index in [1.807, 2.05) is 0 Å². The summed E-state index contributed by atoms with van der Waals surface area (Å²) in [5.41, 5.74) is 0. The molecule has 0 bridgehead atoms. The van der Waals surface area contributed by atoms with E-state index in [9.17, 15) is 0 Å². The van der Waals surface area contributed by atoms with E-state index in [1.165, 1.54) is 21.9 Å². The van der Waals surface area contributed by atoms with Gasteiger partial charge in [0.05, 0.1) is 17.7 Å². The summed E-state index contributed by atoms with van der Waals surface area (Å²) in [7, 11) is 1.44. The van der Waals surface area contributed by atoms with Crippen molar-refractivity contribution in [1.82, 2.24) is 0 Å². The van der Waals surface area contributed by atoms with Crippen LogP contribution in [-0.4, -0.2) is 24.1 Å². The van der Waals surface area contributed by atoms with E-state index in [1.54, 1.807) is 0 Å². The van der Waals surface area contributed by atoms with E-state index in [4.69, 9.17) is 15.7 Å².